The molecule has 4 unspecified atom stereocenters. The zero-order chi connectivity index (χ0) is 38.3. The molecule has 3 aliphatic rings. The highest BCUT2D eigenvalue weighted by molar-refractivity contribution is 5.84. The van der Waals surface area contributed by atoms with E-state index in [0.717, 1.165) is 5.56 Å². The van der Waals surface area contributed by atoms with Gasteiger partial charge in [0.15, 0.2) is 17.3 Å². The lowest BCUT2D eigenvalue weighted by Crippen LogP contribution is -2.54. The van der Waals surface area contributed by atoms with Crippen molar-refractivity contribution < 1.29 is 57.1 Å². The van der Waals surface area contributed by atoms with E-state index in [2.05, 4.69) is 16.0 Å². The number of alkyl carbamates (subject to hydrolysis) is 2. The van der Waals surface area contributed by atoms with Crippen LogP contribution in [0.15, 0.2) is 48.5 Å². The fourth-order valence-corrected chi connectivity index (χ4v) is 6.73. The molecule has 2 fully saturated rings. The molecule has 296 valence electrons. The standard InChI is InChI=1S/C39H53N3O12/c1-4-47-36(44)32(19-26(2)3)42-35(43)15-13-29-21-31(52-38(46)41-23-27-12-14-33-34(20-27)51-25-50-33)22-39(53-29)16-8-11-30(54-39)24-49-37(45)40-17-18-48-28-9-6-5-7-10-28/h5-7,9-10,12,14,20,26,29-32H,4,8,11,13,15-19,21-25H2,1-3H3,(H,40,45)(H,41,46)(H,42,43)/t29?,30?,31?,32-,39?/m0/s1. The van der Waals surface area contributed by atoms with E-state index in [9.17, 15) is 19.2 Å². The minimum Gasteiger partial charge on any atom is -0.492 e. The number of carbonyl (C=O) groups is 4. The molecule has 2 aromatic rings. The Hall–Kier alpha value is -4.76. The largest absolute Gasteiger partial charge is 0.492 e. The number of hydrogen-bond acceptors (Lipinski definition) is 12. The molecular weight excluding hydrogens is 702 g/mol. The number of esters is 1. The summed E-state index contributed by atoms with van der Waals surface area (Å²) in [7, 11) is 0. The van der Waals surface area contributed by atoms with E-state index in [0.29, 0.717) is 55.8 Å². The van der Waals surface area contributed by atoms with Crippen LogP contribution in [0.5, 0.6) is 17.2 Å². The fourth-order valence-electron chi connectivity index (χ4n) is 6.73. The molecular formula is C39H53N3O12. The predicted molar refractivity (Wildman–Crippen MR) is 194 cm³/mol. The Morgan fingerprint density at radius 2 is 1.74 bits per heavy atom. The lowest BCUT2D eigenvalue weighted by Gasteiger charge is -2.47. The third-order valence-corrected chi connectivity index (χ3v) is 9.15. The van der Waals surface area contributed by atoms with Crippen LogP contribution in [0.4, 0.5) is 9.59 Å². The van der Waals surface area contributed by atoms with Crippen LogP contribution in [-0.2, 0) is 39.8 Å². The van der Waals surface area contributed by atoms with Crippen LogP contribution in [0.2, 0.25) is 0 Å². The first-order valence-electron chi connectivity index (χ1n) is 18.8. The van der Waals surface area contributed by atoms with E-state index in [4.69, 9.17) is 37.9 Å². The normalized spacial score (nSPS) is 22.2. The summed E-state index contributed by atoms with van der Waals surface area (Å²) >= 11 is 0. The summed E-state index contributed by atoms with van der Waals surface area (Å²) in [4.78, 5) is 51.1. The van der Waals surface area contributed by atoms with Gasteiger partial charge >= 0.3 is 18.2 Å². The van der Waals surface area contributed by atoms with Crippen molar-refractivity contribution in [1.29, 1.82) is 0 Å². The van der Waals surface area contributed by atoms with Crippen molar-refractivity contribution in [2.45, 2.75) is 109 Å². The zero-order valence-electron chi connectivity index (χ0n) is 31.3. The van der Waals surface area contributed by atoms with Crippen molar-refractivity contribution in [2.75, 3.05) is 33.2 Å². The highest BCUT2D eigenvalue weighted by Gasteiger charge is 2.47. The Kier molecular flexibility index (Phi) is 15.0. The van der Waals surface area contributed by atoms with Crippen LogP contribution in [0.3, 0.4) is 0 Å². The van der Waals surface area contributed by atoms with E-state index < -0.39 is 48.3 Å². The molecule has 0 saturated carbocycles. The Morgan fingerprint density at radius 1 is 0.944 bits per heavy atom. The average Bonchev–Trinajstić information content (AvgIpc) is 3.62. The second kappa shape index (κ2) is 20.1. The van der Waals surface area contributed by atoms with Crippen molar-refractivity contribution in [3.63, 3.8) is 0 Å². The van der Waals surface area contributed by atoms with Crippen molar-refractivity contribution in [1.82, 2.24) is 16.0 Å². The Labute approximate surface area is 316 Å². The third kappa shape index (κ3) is 12.7. The maximum Gasteiger partial charge on any atom is 0.407 e. The van der Waals surface area contributed by atoms with Crippen molar-refractivity contribution in [2.24, 2.45) is 5.92 Å². The van der Waals surface area contributed by atoms with Gasteiger partial charge in [0, 0.05) is 32.2 Å². The molecule has 15 nitrogen and oxygen atoms in total. The molecule has 2 saturated heterocycles. The number of carbonyl (C=O) groups excluding carboxylic acids is 4. The van der Waals surface area contributed by atoms with Gasteiger partial charge in [0.25, 0.3) is 0 Å². The lowest BCUT2D eigenvalue weighted by molar-refractivity contribution is -0.329. The maximum absolute atomic E-state index is 13.1. The highest BCUT2D eigenvalue weighted by Crippen LogP contribution is 2.41. The molecule has 0 radical (unpaired) electrons. The van der Waals surface area contributed by atoms with Crippen LogP contribution in [0.25, 0.3) is 0 Å². The summed E-state index contributed by atoms with van der Waals surface area (Å²) in [6.45, 7) is 6.77. The van der Waals surface area contributed by atoms with Gasteiger partial charge in [-0.05, 0) is 68.4 Å². The summed E-state index contributed by atoms with van der Waals surface area (Å²) in [6.07, 6.45) is 0.498. The number of para-hydroxylation sites is 1. The van der Waals surface area contributed by atoms with E-state index in [1.807, 2.05) is 50.2 Å². The molecule has 15 heteroatoms. The first kappa shape index (κ1) is 40.4. The van der Waals surface area contributed by atoms with Crippen molar-refractivity contribution in [3.8, 4) is 17.2 Å². The minimum atomic E-state index is -1.13. The van der Waals surface area contributed by atoms with Gasteiger partial charge < -0.3 is 53.8 Å². The molecule has 2 aromatic carbocycles. The van der Waals surface area contributed by atoms with Gasteiger partial charge in [-0.1, -0.05) is 38.1 Å². The van der Waals surface area contributed by atoms with Gasteiger partial charge in [-0.3, -0.25) is 4.79 Å². The summed E-state index contributed by atoms with van der Waals surface area (Å²) in [5, 5.41) is 8.31. The van der Waals surface area contributed by atoms with Crippen molar-refractivity contribution in [3.05, 3.63) is 54.1 Å². The summed E-state index contributed by atoms with van der Waals surface area (Å²) in [6, 6.07) is 14.0. The molecule has 5 rings (SSSR count). The van der Waals surface area contributed by atoms with E-state index in [1.54, 1.807) is 19.1 Å². The summed E-state index contributed by atoms with van der Waals surface area (Å²) in [5.74, 6) is 0.222. The Balaban J connectivity index is 1.16. The van der Waals surface area contributed by atoms with Crippen LogP contribution in [0.1, 0.15) is 77.7 Å². The maximum atomic E-state index is 13.1. The van der Waals surface area contributed by atoms with Crippen LogP contribution < -0.4 is 30.2 Å². The second-order valence-corrected chi connectivity index (χ2v) is 14.0. The minimum absolute atomic E-state index is 0.00377. The van der Waals surface area contributed by atoms with E-state index in [1.165, 1.54) is 0 Å². The second-order valence-electron chi connectivity index (χ2n) is 14.0. The molecule has 0 bridgehead atoms. The van der Waals surface area contributed by atoms with Crippen molar-refractivity contribution >= 4 is 24.1 Å². The molecule has 3 amide bonds. The quantitative estimate of drug-likeness (QED) is 0.110. The zero-order valence-corrected chi connectivity index (χ0v) is 31.3. The number of amides is 3. The third-order valence-electron chi connectivity index (χ3n) is 9.15. The van der Waals surface area contributed by atoms with Crippen LogP contribution in [-0.4, -0.2) is 87.4 Å². The van der Waals surface area contributed by atoms with Gasteiger partial charge in [-0.25, -0.2) is 14.4 Å². The number of ether oxygens (including phenoxy) is 8. The molecule has 1 spiro atoms. The topological polar surface area (TPSA) is 178 Å². The Morgan fingerprint density at radius 3 is 2.54 bits per heavy atom. The van der Waals surface area contributed by atoms with Crippen LogP contribution in [0, 0.1) is 5.92 Å². The molecule has 3 N–H and O–H groups in total. The number of nitrogens with one attached hydrogen (secondary N) is 3. The van der Waals surface area contributed by atoms with Gasteiger partial charge in [0.2, 0.25) is 12.7 Å². The number of hydrogen-bond donors (Lipinski definition) is 3. The fraction of sp³-hybridized carbons (Fsp3) is 0.590. The Bertz CT molecular complexity index is 1540. The van der Waals surface area contributed by atoms with Crippen LogP contribution >= 0.6 is 0 Å². The van der Waals surface area contributed by atoms with E-state index in [-0.39, 0.29) is 64.4 Å². The molecule has 0 aromatic heterocycles. The molecule has 5 atom stereocenters. The van der Waals surface area contributed by atoms with Gasteiger partial charge in [0.05, 0.1) is 25.4 Å². The first-order valence-corrected chi connectivity index (χ1v) is 18.8. The molecule has 3 heterocycles. The number of fused-ring (bicyclic) bond motifs is 1. The SMILES string of the molecule is CCOC(=O)[C@H](CC(C)C)NC(=O)CCC1CC(OC(=O)NCc2ccc3c(c2)OCO3)CC2(CCCC(COC(=O)NCCOc3ccccc3)O2)O1. The molecule has 3 aliphatic heterocycles. The van der Waals surface area contributed by atoms with Gasteiger partial charge in [-0.15, -0.1) is 0 Å². The molecule has 0 aliphatic carbocycles. The monoisotopic (exact) mass is 755 g/mol. The highest BCUT2D eigenvalue weighted by atomic mass is 16.7. The smallest absolute Gasteiger partial charge is 0.407 e. The van der Waals surface area contributed by atoms with E-state index >= 15 is 0 Å². The van der Waals surface area contributed by atoms with Gasteiger partial charge in [-0.2, -0.15) is 0 Å². The summed E-state index contributed by atoms with van der Waals surface area (Å²) in [5.41, 5.74) is 0.813. The average molecular weight is 756 g/mol. The van der Waals surface area contributed by atoms with Gasteiger partial charge in [0.1, 0.15) is 31.1 Å². The first-order chi connectivity index (χ1) is 26.1. The number of rotatable bonds is 17. The molecule has 54 heavy (non-hydrogen) atoms. The predicted octanol–water partition coefficient (Wildman–Crippen LogP) is 5.13. The summed E-state index contributed by atoms with van der Waals surface area (Å²) < 4.78 is 46.0. The number of benzene rings is 2. The lowest BCUT2D eigenvalue weighted by atomic mass is 9.90.